The third-order valence-corrected chi connectivity index (χ3v) is 6.14. The van der Waals surface area contributed by atoms with Gasteiger partial charge in [0.25, 0.3) is 5.91 Å². The van der Waals surface area contributed by atoms with Crippen molar-refractivity contribution in [1.29, 1.82) is 0 Å². The molecule has 0 unspecified atom stereocenters. The Morgan fingerprint density at radius 3 is 2.45 bits per heavy atom. The second-order valence-corrected chi connectivity index (χ2v) is 8.09. The first kappa shape index (κ1) is 20.7. The summed E-state index contributed by atoms with van der Waals surface area (Å²) in [5.74, 6) is -0.447. The molecule has 0 bridgehead atoms. The first-order chi connectivity index (χ1) is 15.0. The van der Waals surface area contributed by atoms with Crippen molar-refractivity contribution < 1.29 is 19.4 Å². The molecule has 8 heteroatoms. The highest BCUT2D eigenvalue weighted by atomic mass is 32.1. The SMILES string of the molecule is COc1cccc(N2CCN(c3ccc(NC(=O)c4cccs4)cc3C(=O)O)CC2)c1. The van der Waals surface area contributed by atoms with Gasteiger partial charge in [-0.25, -0.2) is 4.79 Å². The normalized spacial score (nSPS) is 13.7. The van der Waals surface area contributed by atoms with Gasteiger partial charge < -0.3 is 25.0 Å². The van der Waals surface area contributed by atoms with Crippen molar-refractivity contribution in [2.24, 2.45) is 0 Å². The molecule has 1 aromatic heterocycles. The molecule has 7 nitrogen and oxygen atoms in total. The Bertz CT molecular complexity index is 1080. The van der Waals surface area contributed by atoms with E-state index in [1.807, 2.05) is 29.6 Å². The zero-order valence-electron chi connectivity index (χ0n) is 17.1. The van der Waals surface area contributed by atoms with E-state index >= 15 is 0 Å². The minimum atomic E-state index is -1.02. The molecule has 0 aliphatic carbocycles. The number of benzene rings is 2. The van der Waals surface area contributed by atoms with E-state index in [-0.39, 0.29) is 11.5 Å². The average Bonchev–Trinajstić information content (AvgIpc) is 3.34. The smallest absolute Gasteiger partial charge is 0.337 e. The molecule has 2 N–H and O–H groups in total. The van der Waals surface area contributed by atoms with Gasteiger partial charge in [-0.3, -0.25) is 4.79 Å². The molecule has 31 heavy (non-hydrogen) atoms. The monoisotopic (exact) mass is 437 g/mol. The Morgan fingerprint density at radius 2 is 1.77 bits per heavy atom. The summed E-state index contributed by atoms with van der Waals surface area (Å²) in [4.78, 5) is 29.1. The van der Waals surface area contributed by atoms with Gasteiger partial charge in [0.1, 0.15) is 5.75 Å². The van der Waals surface area contributed by atoms with E-state index in [4.69, 9.17) is 4.74 Å². The highest BCUT2D eigenvalue weighted by Gasteiger charge is 2.22. The fourth-order valence-electron chi connectivity index (χ4n) is 3.67. The molecule has 2 aromatic carbocycles. The number of ether oxygens (including phenoxy) is 1. The Kier molecular flexibility index (Phi) is 6.08. The van der Waals surface area contributed by atoms with Crippen LogP contribution < -0.4 is 19.9 Å². The van der Waals surface area contributed by atoms with Crippen LogP contribution in [0.1, 0.15) is 20.0 Å². The second-order valence-electron chi connectivity index (χ2n) is 7.14. The van der Waals surface area contributed by atoms with Gasteiger partial charge >= 0.3 is 5.97 Å². The Hall–Kier alpha value is -3.52. The van der Waals surface area contributed by atoms with Crippen LogP contribution in [0.4, 0.5) is 17.1 Å². The topological polar surface area (TPSA) is 82.1 Å². The van der Waals surface area contributed by atoms with Crippen LogP contribution in [-0.2, 0) is 0 Å². The maximum Gasteiger partial charge on any atom is 0.337 e. The lowest BCUT2D eigenvalue weighted by molar-refractivity contribution is 0.0697. The van der Waals surface area contributed by atoms with Gasteiger partial charge in [-0.1, -0.05) is 12.1 Å². The summed E-state index contributed by atoms with van der Waals surface area (Å²) in [7, 11) is 1.65. The van der Waals surface area contributed by atoms with E-state index in [0.29, 0.717) is 29.3 Å². The molecule has 0 saturated carbocycles. The molecule has 1 aliphatic heterocycles. The van der Waals surface area contributed by atoms with Gasteiger partial charge in [0.05, 0.1) is 23.2 Å². The molecule has 3 aromatic rings. The lowest BCUT2D eigenvalue weighted by atomic mass is 10.1. The number of methoxy groups -OCH3 is 1. The van der Waals surface area contributed by atoms with E-state index in [0.717, 1.165) is 24.5 Å². The Morgan fingerprint density at radius 1 is 1.00 bits per heavy atom. The van der Waals surface area contributed by atoms with Crippen LogP contribution in [-0.4, -0.2) is 50.3 Å². The number of rotatable bonds is 6. The van der Waals surface area contributed by atoms with Gasteiger partial charge in [0.2, 0.25) is 0 Å². The fraction of sp³-hybridized carbons (Fsp3) is 0.217. The third kappa shape index (κ3) is 4.64. The van der Waals surface area contributed by atoms with E-state index in [9.17, 15) is 14.7 Å². The van der Waals surface area contributed by atoms with Crippen LogP contribution in [0.15, 0.2) is 60.0 Å². The van der Waals surface area contributed by atoms with Crippen molar-refractivity contribution in [1.82, 2.24) is 0 Å². The van der Waals surface area contributed by atoms with Crippen molar-refractivity contribution in [3.63, 3.8) is 0 Å². The number of thiophene rings is 1. The quantitative estimate of drug-likeness (QED) is 0.606. The van der Waals surface area contributed by atoms with Crippen molar-refractivity contribution in [3.05, 3.63) is 70.4 Å². The molecule has 1 amide bonds. The molecular weight excluding hydrogens is 414 g/mol. The molecule has 4 rings (SSSR count). The molecule has 0 atom stereocenters. The number of carboxylic acids is 1. The number of hydrogen-bond acceptors (Lipinski definition) is 6. The Labute approximate surface area is 184 Å². The summed E-state index contributed by atoms with van der Waals surface area (Å²) in [6, 6.07) is 16.5. The molecule has 0 radical (unpaired) electrons. The number of carbonyl (C=O) groups is 2. The minimum absolute atomic E-state index is 0.179. The van der Waals surface area contributed by atoms with E-state index in [1.165, 1.54) is 17.4 Å². The third-order valence-electron chi connectivity index (χ3n) is 5.27. The summed E-state index contributed by atoms with van der Waals surface area (Å²) >= 11 is 1.34. The maximum absolute atomic E-state index is 12.3. The molecule has 1 fully saturated rings. The van der Waals surface area contributed by atoms with Crippen molar-refractivity contribution in [2.75, 3.05) is 48.4 Å². The lowest BCUT2D eigenvalue weighted by Crippen LogP contribution is -2.47. The summed E-state index contributed by atoms with van der Waals surface area (Å²) in [6.45, 7) is 2.92. The highest BCUT2D eigenvalue weighted by molar-refractivity contribution is 7.12. The molecular formula is C23H23N3O4S. The number of piperazine rings is 1. The van der Waals surface area contributed by atoms with Gasteiger partial charge in [-0.2, -0.15) is 0 Å². The first-order valence-electron chi connectivity index (χ1n) is 9.91. The summed E-state index contributed by atoms with van der Waals surface area (Å²) in [5, 5.41) is 14.4. The van der Waals surface area contributed by atoms with Gasteiger partial charge in [-0.15, -0.1) is 11.3 Å². The molecule has 160 valence electrons. The number of aromatic carboxylic acids is 1. The van der Waals surface area contributed by atoms with Crippen molar-refractivity contribution in [2.45, 2.75) is 0 Å². The van der Waals surface area contributed by atoms with Crippen LogP contribution >= 0.6 is 11.3 Å². The highest BCUT2D eigenvalue weighted by Crippen LogP contribution is 2.28. The van der Waals surface area contributed by atoms with E-state index < -0.39 is 5.97 Å². The van der Waals surface area contributed by atoms with Crippen LogP contribution in [0.25, 0.3) is 0 Å². The molecule has 1 saturated heterocycles. The summed E-state index contributed by atoms with van der Waals surface area (Å²) in [6.07, 6.45) is 0. The zero-order chi connectivity index (χ0) is 21.8. The predicted molar refractivity (Wildman–Crippen MR) is 123 cm³/mol. The number of amides is 1. The lowest BCUT2D eigenvalue weighted by Gasteiger charge is -2.38. The standard InChI is InChI=1S/C23H23N3O4S/c1-30-18-5-2-4-17(15-18)25-9-11-26(12-10-25)20-8-7-16(14-19(20)23(28)29)24-22(27)21-6-3-13-31-21/h2-8,13-15H,9-12H2,1H3,(H,24,27)(H,28,29). The number of nitrogens with one attached hydrogen (secondary N) is 1. The largest absolute Gasteiger partial charge is 0.497 e. The van der Waals surface area contributed by atoms with Crippen molar-refractivity contribution >= 4 is 40.3 Å². The molecule has 0 spiro atoms. The van der Waals surface area contributed by atoms with Crippen molar-refractivity contribution in [3.8, 4) is 5.75 Å². The average molecular weight is 438 g/mol. The van der Waals surface area contributed by atoms with E-state index in [1.54, 1.807) is 31.4 Å². The summed E-state index contributed by atoms with van der Waals surface area (Å²) < 4.78 is 5.31. The number of carboxylic acid groups (broad SMARTS) is 1. The molecule has 2 heterocycles. The number of hydrogen-bond donors (Lipinski definition) is 2. The second kappa shape index (κ2) is 9.09. The van der Waals surface area contributed by atoms with Gasteiger partial charge in [0, 0.05) is 43.6 Å². The van der Waals surface area contributed by atoms with Crippen LogP contribution in [0.2, 0.25) is 0 Å². The van der Waals surface area contributed by atoms with Crippen LogP contribution in [0.3, 0.4) is 0 Å². The minimum Gasteiger partial charge on any atom is -0.497 e. The van der Waals surface area contributed by atoms with Crippen LogP contribution in [0, 0.1) is 0 Å². The molecule has 1 aliphatic rings. The predicted octanol–water partition coefficient (Wildman–Crippen LogP) is 4.03. The van der Waals surface area contributed by atoms with Crippen LogP contribution in [0.5, 0.6) is 5.75 Å². The van der Waals surface area contributed by atoms with Gasteiger partial charge in [-0.05, 0) is 41.8 Å². The zero-order valence-corrected chi connectivity index (χ0v) is 17.9. The fourth-order valence-corrected chi connectivity index (χ4v) is 4.29. The number of anilines is 3. The number of carbonyl (C=O) groups excluding carboxylic acids is 1. The number of nitrogens with zero attached hydrogens (tertiary/aromatic N) is 2. The first-order valence-corrected chi connectivity index (χ1v) is 10.8. The summed E-state index contributed by atoms with van der Waals surface area (Å²) in [5.41, 5.74) is 2.39. The Balaban J connectivity index is 1.48. The van der Waals surface area contributed by atoms with E-state index in [2.05, 4.69) is 15.1 Å². The maximum atomic E-state index is 12.3. The van der Waals surface area contributed by atoms with Gasteiger partial charge in [0.15, 0.2) is 0 Å².